The van der Waals surface area contributed by atoms with Gasteiger partial charge >= 0.3 is 29.6 Å². The van der Waals surface area contributed by atoms with Gasteiger partial charge in [0, 0.05) is 29.2 Å². The molecular weight excluding hydrogens is 284 g/mol. The normalized spacial score (nSPS) is 9.76. The molecular formula is C15H11FNNaO3. The Labute approximate surface area is 143 Å². The second-order valence-electron chi connectivity index (χ2n) is 4.26. The Bertz CT molecular complexity index is 671. The van der Waals surface area contributed by atoms with Crippen LogP contribution in [0.2, 0.25) is 0 Å². The number of aliphatic carboxylic acids is 1. The van der Waals surface area contributed by atoms with E-state index in [9.17, 15) is 19.1 Å². The molecule has 102 valence electrons. The van der Waals surface area contributed by atoms with E-state index in [4.69, 9.17) is 5.73 Å². The minimum Gasteiger partial charge on any atom is -0.550 e. The maximum absolute atomic E-state index is 12.8. The predicted octanol–water partition coefficient (Wildman–Crippen LogP) is -2.06. The summed E-state index contributed by atoms with van der Waals surface area (Å²) in [6, 6.07) is 9.62. The van der Waals surface area contributed by atoms with E-state index in [1.807, 2.05) is 0 Å². The maximum atomic E-state index is 12.8. The molecule has 0 amide bonds. The van der Waals surface area contributed by atoms with Crippen molar-refractivity contribution in [3.05, 3.63) is 65.0 Å². The van der Waals surface area contributed by atoms with Crippen molar-refractivity contribution in [1.82, 2.24) is 0 Å². The topological polar surface area (TPSA) is 83.2 Å². The molecule has 2 rings (SSSR count). The smallest absolute Gasteiger partial charge is 0.550 e. The number of halogens is 1. The van der Waals surface area contributed by atoms with Gasteiger partial charge in [0.05, 0.1) is 0 Å². The summed E-state index contributed by atoms with van der Waals surface area (Å²) in [6.07, 6.45) is -0.365. The summed E-state index contributed by atoms with van der Waals surface area (Å²) >= 11 is 0. The van der Waals surface area contributed by atoms with Crippen molar-refractivity contribution >= 4 is 17.4 Å². The number of hydrogen-bond acceptors (Lipinski definition) is 4. The van der Waals surface area contributed by atoms with Crippen LogP contribution in [0.25, 0.3) is 0 Å². The van der Waals surface area contributed by atoms with E-state index in [1.165, 1.54) is 36.4 Å². The molecule has 0 unspecified atom stereocenters. The number of rotatable bonds is 4. The van der Waals surface area contributed by atoms with E-state index in [1.54, 1.807) is 6.07 Å². The van der Waals surface area contributed by atoms with Crippen LogP contribution in [0.5, 0.6) is 0 Å². The van der Waals surface area contributed by atoms with Gasteiger partial charge in [0.25, 0.3) is 0 Å². The zero-order valence-electron chi connectivity index (χ0n) is 11.4. The molecule has 21 heavy (non-hydrogen) atoms. The van der Waals surface area contributed by atoms with Crippen molar-refractivity contribution in [3.63, 3.8) is 0 Å². The first-order chi connectivity index (χ1) is 9.49. The molecule has 2 aromatic carbocycles. The van der Waals surface area contributed by atoms with Gasteiger partial charge in [-0.05, 0) is 35.9 Å². The first-order valence-electron chi connectivity index (χ1n) is 5.86. The van der Waals surface area contributed by atoms with Crippen LogP contribution in [-0.2, 0) is 11.2 Å². The van der Waals surface area contributed by atoms with Crippen molar-refractivity contribution in [1.29, 1.82) is 0 Å². The second kappa shape index (κ2) is 7.36. The molecule has 2 aromatic rings. The molecule has 0 aliphatic rings. The number of ketones is 1. The first-order valence-corrected chi connectivity index (χ1v) is 5.86. The standard InChI is InChI=1S/C15H12FNO3.Na/c16-11-6-4-9(5-7-11)15(20)12-3-1-2-10(14(12)17)8-13(18)19;/h1-7H,8,17H2,(H,18,19);/q;+1/p-1. The molecule has 0 bridgehead atoms. The molecule has 0 fully saturated rings. The summed E-state index contributed by atoms with van der Waals surface area (Å²) in [7, 11) is 0. The molecule has 2 N–H and O–H groups in total. The van der Waals surface area contributed by atoms with E-state index in [0.717, 1.165) is 0 Å². The second-order valence-corrected chi connectivity index (χ2v) is 4.26. The van der Waals surface area contributed by atoms with Gasteiger partial charge in [0.2, 0.25) is 0 Å². The van der Waals surface area contributed by atoms with Crippen molar-refractivity contribution in [2.75, 3.05) is 5.73 Å². The van der Waals surface area contributed by atoms with Crippen molar-refractivity contribution in [3.8, 4) is 0 Å². The van der Waals surface area contributed by atoms with E-state index in [2.05, 4.69) is 0 Å². The maximum Gasteiger partial charge on any atom is 1.00 e. The number of anilines is 1. The summed E-state index contributed by atoms with van der Waals surface area (Å²) in [4.78, 5) is 22.9. The Morgan fingerprint density at radius 1 is 1.10 bits per heavy atom. The SMILES string of the molecule is Nc1c(CC(=O)[O-])cccc1C(=O)c1ccc(F)cc1.[Na+]. The number of carboxylic acid groups (broad SMARTS) is 1. The third-order valence-corrected chi connectivity index (χ3v) is 2.88. The number of nitrogen functional groups attached to an aromatic ring is 1. The average molecular weight is 295 g/mol. The summed E-state index contributed by atoms with van der Waals surface area (Å²) in [5.74, 6) is -2.11. The van der Waals surface area contributed by atoms with Gasteiger partial charge in [-0.3, -0.25) is 4.79 Å². The van der Waals surface area contributed by atoms with Gasteiger partial charge < -0.3 is 15.6 Å². The Balaban J connectivity index is 0.00000220. The number of carboxylic acids is 1. The number of carbonyl (C=O) groups excluding carboxylic acids is 2. The van der Waals surface area contributed by atoms with Gasteiger partial charge in [0.1, 0.15) is 5.82 Å². The Morgan fingerprint density at radius 2 is 1.71 bits per heavy atom. The molecule has 0 aliphatic heterocycles. The largest absolute Gasteiger partial charge is 1.00 e. The van der Waals surface area contributed by atoms with Crippen LogP contribution < -0.4 is 40.4 Å². The Kier molecular flexibility index (Phi) is 6.08. The quantitative estimate of drug-likeness (QED) is 0.399. The summed E-state index contributed by atoms with van der Waals surface area (Å²) in [6.45, 7) is 0. The van der Waals surface area contributed by atoms with Gasteiger partial charge in [0.15, 0.2) is 5.78 Å². The number of benzene rings is 2. The Morgan fingerprint density at radius 3 is 2.29 bits per heavy atom. The zero-order valence-corrected chi connectivity index (χ0v) is 13.4. The molecule has 0 radical (unpaired) electrons. The van der Waals surface area contributed by atoms with E-state index >= 15 is 0 Å². The molecule has 0 aliphatic carbocycles. The van der Waals surface area contributed by atoms with Gasteiger partial charge in [-0.15, -0.1) is 0 Å². The minimum atomic E-state index is -1.27. The molecule has 4 nitrogen and oxygen atoms in total. The number of para-hydroxylation sites is 1. The molecule has 0 saturated carbocycles. The van der Waals surface area contributed by atoms with Crippen LogP contribution in [0.4, 0.5) is 10.1 Å². The minimum absolute atomic E-state index is 0. The Hall–Kier alpha value is -1.69. The van der Waals surface area contributed by atoms with Crippen LogP contribution in [0, 0.1) is 5.82 Å². The molecule has 0 aromatic heterocycles. The van der Waals surface area contributed by atoms with Crippen LogP contribution in [-0.4, -0.2) is 11.8 Å². The third kappa shape index (κ3) is 4.14. The van der Waals surface area contributed by atoms with E-state index in [-0.39, 0.29) is 58.6 Å². The third-order valence-electron chi connectivity index (χ3n) is 2.88. The number of hydrogen-bond donors (Lipinski definition) is 1. The monoisotopic (exact) mass is 295 g/mol. The summed E-state index contributed by atoms with van der Waals surface area (Å²) in [5.41, 5.74) is 6.71. The van der Waals surface area contributed by atoms with Gasteiger partial charge in [-0.25, -0.2) is 4.39 Å². The van der Waals surface area contributed by atoms with Crippen LogP contribution >= 0.6 is 0 Å². The number of nitrogens with two attached hydrogens (primary N) is 1. The fourth-order valence-corrected chi connectivity index (χ4v) is 1.88. The zero-order chi connectivity index (χ0) is 14.7. The first kappa shape index (κ1) is 17.4. The summed E-state index contributed by atoms with van der Waals surface area (Å²) < 4.78 is 12.8. The fraction of sp³-hybridized carbons (Fsp3) is 0.0667. The van der Waals surface area contributed by atoms with Gasteiger partial charge in [-0.2, -0.15) is 0 Å². The van der Waals surface area contributed by atoms with Crippen LogP contribution in [0.15, 0.2) is 42.5 Å². The van der Waals surface area contributed by atoms with Crippen LogP contribution in [0.3, 0.4) is 0 Å². The van der Waals surface area contributed by atoms with Crippen molar-refractivity contribution < 1.29 is 48.6 Å². The van der Waals surface area contributed by atoms with E-state index < -0.39 is 11.8 Å². The van der Waals surface area contributed by atoms with Crippen LogP contribution in [0.1, 0.15) is 21.5 Å². The summed E-state index contributed by atoms with van der Waals surface area (Å²) in [5, 5.41) is 10.6. The molecule has 0 saturated heterocycles. The molecule has 0 heterocycles. The number of carbonyl (C=O) groups is 2. The fourth-order valence-electron chi connectivity index (χ4n) is 1.88. The van der Waals surface area contributed by atoms with E-state index in [0.29, 0.717) is 5.56 Å². The van der Waals surface area contributed by atoms with Gasteiger partial charge in [-0.1, -0.05) is 12.1 Å². The van der Waals surface area contributed by atoms with Crippen molar-refractivity contribution in [2.24, 2.45) is 0 Å². The predicted molar refractivity (Wildman–Crippen MR) is 69.4 cm³/mol. The molecule has 6 heteroatoms. The van der Waals surface area contributed by atoms with Crippen molar-refractivity contribution in [2.45, 2.75) is 6.42 Å². The average Bonchev–Trinajstić information content (AvgIpc) is 2.41. The molecule has 0 spiro atoms. The molecule has 0 atom stereocenters.